The maximum Gasteiger partial charge on any atom is 0.407 e. The molecule has 2 fully saturated rings. The first-order valence-corrected chi connectivity index (χ1v) is 13.2. The number of nitrogens with zero attached hydrogens (tertiary/aromatic N) is 5. The number of ether oxygens (including phenoxy) is 1. The van der Waals surface area contributed by atoms with E-state index in [0.29, 0.717) is 43.2 Å². The van der Waals surface area contributed by atoms with Gasteiger partial charge in [0.1, 0.15) is 5.60 Å². The lowest BCUT2D eigenvalue weighted by molar-refractivity contribution is 0.0492. The van der Waals surface area contributed by atoms with Crippen LogP contribution in [0.3, 0.4) is 0 Å². The number of aromatic nitrogens is 4. The number of likely N-dealkylation sites (tertiary alicyclic amines) is 1. The van der Waals surface area contributed by atoms with Gasteiger partial charge in [0, 0.05) is 37.3 Å². The molecule has 4 N–H and O–H groups in total. The molecule has 2 aliphatic rings. The number of rotatable bonds is 6. The number of carboxylic acid groups (broad SMARTS) is 1. The highest BCUT2D eigenvalue weighted by Gasteiger charge is 2.27. The predicted octanol–water partition coefficient (Wildman–Crippen LogP) is 4.21. The standard InChI is InChI=1S/C25H40N8O4/c1-15(2)33-14-26-19-20(27-18-10-12-32(13-11-18)24(35)36)30-22(31-21(19)33)28-16-6-8-17(9-7-16)29-23(34)37-25(3,4)5/h14-18H,6-13H2,1-5H3,(H,29,34)(H,35,36)(H2,27,28,30,31). The van der Waals surface area contributed by atoms with Crippen LogP contribution in [0.1, 0.15) is 79.2 Å². The number of nitrogens with one attached hydrogen (secondary N) is 3. The quantitative estimate of drug-likeness (QED) is 0.443. The van der Waals surface area contributed by atoms with E-state index < -0.39 is 11.7 Å². The Morgan fingerprint density at radius 2 is 1.62 bits per heavy atom. The molecule has 0 unspecified atom stereocenters. The third-order valence-electron chi connectivity index (χ3n) is 6.87. The first-order chi connectivity index (χ1) is 17.5. The van der Waals surface area contributed by atoms with Crippen molar-refractivity contribution < 1.29 is 19.4 Å². The van der Waals surface area contributed by atoms with Crippen LogP contribution in [0.5, 0.6) is 0 Å². The highest BCUT2D eigenvalue weighted by Crippen LogP contribution is 2.28. The summed E-state index contributed by atoms with van der Waals surface area (Å²) in [6.45, 7) is 10.7. The van der Waals surface area contributed by atoms with E-state index in [1.54, 1.807) is 6.33 Å². The lowest BCUT2D eigenvalue weighted by Gasteiger charge is -2.31. The third kappa shape index (κ3) is 6.92. The summed E-state index contributed by atoms with van der Waals surface area (Å²) >= 11 is 0. The Hall–Kier alpha value is -3.31. The summed E-state index contributed by atoms with van der Waals surface area (Å²) in [4.78, 5) is 39.0. The first kappa shape index (κ1) is 26.7. The van der Waals surface area contributed by atoms with Gasteiger partial charge in [-0.2, -0.15) is 9.97 Å². The van der Waals surface area contributed by atoms with Gasteiger partial charge in [-0.15, -0.1) is 0 Å². The second-order valence-corrected chi connectivity index (χ2v) is 11.3. The van der Waals surface area contributed by atoms with E-state index in [0.717, 1.165) is 31.3 Å². The van der Waals surface area contributed by atoms with Crippen molar-refractivity contribution in [2.75, 3.05) is 23.7 Å². The minimum Gasteiger partial charge on any atom is -0.465 e. The van der Waals surface area contributed by atoms with E-state index in [2.05, 4.69) is 34.8 Å². The number of anilines is 2. The molecule has 3 heterocycles. The summed E-state index contributed by atoms with van der Waals surface area (Å²) in [5.74, 6) is 1.21. The molecule has 1 saturated carbocycles. The van der Waals surface area contributed by atoms with Crippen molar-refractivity contribution in [3.05, 3.63) is 6.33 Å². The van der Waals surface area contributed by atoms with Crippen LogP contribution in [0.15, 0.2) is 6.33 Å². The van der Waals surface area contributed by atoms with Gasteiger partial charge in [0.25, 0.3) is 0 Å². The molecule has 2 aromatic rings. The van der Waals surface area contributed by atoms with E-state index in [4.69, 9.17) is 14.7 Å². The van der Waals surface area contributed by atoms with Gasteiger partial charge >= 0.3 is 12.2 Å². The molecule has 12 heteroatoms. The molecule has 0 atom stereocenters. The van der Waals surface area contributed by atoms with E-state index in [9.17, 15) is 14.7 Å². The fourth-order valence-electron chi connectivity index (χ4n) is 4.91. The zero-order chi connectivity index (χ0) is 26.7. The van der Waals surface area contributed by atoms with Gasteiger partial charge in [-0.25, -0.2) is 14.6 Å². The Bertz CT molecular complexity index is 1100. The molecular formula is C25H40N8O4. The second-order valence-electron chi connectivity index (χ2n) is 11.3. The molecule has 4 rings (SSSR count). The van der Waals surface area contributed by atoms with Gasteiger partial charge in [0.2, 0.25) is 5.95 Å². The van der Waals surface area contributed by atoms with Gasteiger partial charge in [0.05, 0.1) is 6.33 Å². The fourth-order valence-corrected chi connectivity index (χ4v) is 4.91. The number of hydrogen-bond donors (Lipinski definition) is 4. The van der Waals surface area contributed by atoms with Gasteiger partial charge in [-0.05, 0) is 73.1 Å². The summed E-state index contributed by atoms with van der Waals surface area (Å²) in [6, 6.07) is 0.581. The van der Waals surface area contributed by atoms with Crippen molar-refractivity contribution >= 4 is 35.1 Å². The lowest BCUT2D eigenvalue weighted by atomic mass is 9.91. The topological polar surface area (TPSA) is 147 Å². The summed E-state index contributed by atoms with van der Waals surface area (Å²) in [6.07, 6.45) is 5.40. The summed E-state index contributed by atoms with van der Waals surface area (Å²) in [5.41, 5.74) is 0.962. The summed E-state index contributed by atoms with van der Waals surface area (Å²) in [5, 5.41) is 19.2. The number of amides is 2. The van der Waals surface area contributed by atoms with Crippen LogP contribution in [0.25, 0.3) is 11.2 Å². The summed E-state index contributed by atoms with van der Waals surface area (Å²) in [7, 11) is 0. The Balaban J connectivity index is 1.43. The summed E-state index contributed by atoms with van der Waals surface area (Å²) < 4.78 is 7.42. The van der Waals surface area contributed by atoms with E-state index in [1.807, 2.05) is 25.3 Å². The highest BCUT2D eigenvalue weighted by molar-refractivity contribution is 5.84. The smallest absolute Gasteiger partial charge is 0.407 e. The van der Waals surface area contributed by atoms with Gasteiger partial charge in [-0.1, -0.05) is 0 Å². The Morgan fingerprint density at radius 1 is 1.00 bits per heavy atom. The van der Waals surface area contributed by atoms with Crippen LogP contribution < -0.4 is 16.0 Å². The molecule has 1 aliphatic carbocycles. The number of hydrogen-bond acceptors (Lipinski definition) is 8. The average Bonchev–Trinajstić information content (AvgIpc) is 3.24. The Labute approximate surface area is 217 Å². The molecule has 204 valence electrons. The highest BCUT2D eigenvalue weighted by atomic mass is 16.6. The average molecular weight is 517 g/mol. The van der Waals surface area contributed by atoms with Crippen molar-refractivity contribution in [3.8, 4) is 0 Å². The maximum absolute atomic E-state index is 12.1. The minimum absolute atomic E-state index is 0.0903. The Kier molecular flexibility index (Phi) is 7.93. The van der Waals surface area contributed by atoms with Crippen LogP contribution in [0, 0.1) is 0 Å². The molecule has 2 aromatic heterocycles. The number of fused-ring (bicyclic) bond motifs is 1. The van der Waals surface area contributed by atoms with Gasteiger partial charge < -0.3 is 35.3 Å². The third-order valence-corrected chi connectivity index (χ3v) is 6.87. The van der Waals surface area contributed by atoms with E-state index in [1.165, 1.54) is 4.90 Å². The molecule has 0 spiro atoms. The number of imidazole rings is 1. The van der Waals surface area contributed by atoms with Crippen molar-refractivity contribution in [3.63, 3.8) is 0 Å². The number of carbonyl (C=O) groups excluding carboxylic acids is 1. The zero-order valence-corrected chi connectivity index (χ0v) is 22.5. The normalized spacial score (nSPS) is 21.2. The van der Waals surface area contributed by atoms with Gasteiger partial charge in [-0.3, -0.25) is 0 Å². The molecule has 1 saturated heterocycles. The fraction of sp³-hybridized carbons (Fsp3) is 0.720. The Morgan fingerprint density at radius 3 is 2.22 bits per heavy atom. The molecule has 0 aromatic carbocycles. The van der Waals surface area contributed by atoms with Crippen LogP contribution in [-0.2, 0) is 4.74 Å². The van der Waals surface area contributed by atoms with Crippen molar-refractivity contribution in [1.82, 2.24) is 29.7 Å². The minimum atomic E-state index is -0.874. The van der Waals surface area contributed by atoms with E-state index in [-0.39, 0.29) is 30.3 Å². The SMILES string of the molecule is CC(C)n1cnc2c(NC3CCN(C(=O)O)CC3)nc(NC3CCC(NC(=O)OC(C)(C)C)CC3)nc21. The van der Waals surface area contributed by atoms with Gasteiger partial charge in [0.15, 0.2) is 17.0 Å². The zero-order valence-electron chi connectivity index (χ0n) is 22.5. The van der Waals surface area contributed by atoms with Crippen LogP contribution in [-0.4, -0.2) is 78.5 Å². The van der Waals surface area contributed by atoms with Crippen LogP contribution >= 0.6 is 0 Å². The van der Waals surface area contributed by atoms with Crippen molar-refractivity contribution in [1.29, 1.82) is 0 Å². The predicted molar refractivity (Wildman–Crippen MR) is 141 cm³/mol. The van der Waals surface area contributed by atoms with Crippen molar-refractivity contribution in [2.24, 2.45) is 0 Å². The lowest BCUT2D eigenvalue weighted by Crippen LogP contribution is -2.42. The molecule has 1 aliphatic heterocycles. The largest absolute Gasteiger partial charge is 0.465 e. The first-order valence-electron chi connectivity index (χ1n) is 13.2. The maximum atomic E-state index is 12.1. The van der Waals surface area contributed by atoms with E-state index >= 15 is 0 Å². The number of carbonyl (C=O) groups is 2. The number of alkyl carbamates (subject to hydrolysis) is 1. The molecule has 37 heavy (non-hydrogen) atoms. The molecular weight excluding hydrogens is 476 g/mol. The number of piperidine rings is 1. The monoisotopic (exact) mass is 516 g/mol. The molecule has 0 radical (unpaired) electrons. The molecule has 0 bridgehead atoms. The molecule has 2 amide bonds. The van der Waals surface area contributed by atoms with Crippen molar-refractivity contribution in [2.45, 2.75) is 103 Å². The van der Waals surface area contributed by atoms with Crippen LogP contribution in [0.4, 0.5) is 21.4 Å². The second kappa shape index (κ2) is 11.0. The molecule has 12 nitrogen and oxygen atoms in total. The van der Waals surface area contributed by atoms with Crippen LogP contribution in [0.2, 0.25) is 0 Å².